The van der Waals surface area contributed by atoms with E-state index < -0.39 is 0 Å². The van der Waals surface area contributed by atoms with Crippen LogP contribution in [0.2, 0.25) is 5.28 Å². The number of hydrogen-bond acceptors (Lipinski definition) is 3. The molecule has 0 radical (unpaired) electrons. The summed E-state index contributed by atoms with van der Waals surface area (Å²) < 4.78 is 2.03. The molecule has 0 amide bonds. The number of fused-ring (bicyclic) bond motifs is 1. The summed E-state index contributed by atoms with van der Waals surface area (Å²) in [6.07, 6.45) is 7.02. The third-order valence-corrected chi connectivity index (χ3v) is 2.51. The van der Waals surface area contributed by atoms with Crippen LogP contribution >= 0.6 is 11.6 Å². The third-order valence-electron chi connectivity index (χ3n) is 2.33. The zero-order valence-corrected chi connectivity index (χ0v) is 9.41. The molecule has 0 aliphatic rings. The van der Waals surface area contributed by atoms with E-state index in [-0.39, 0.29) is 5.28 Å². The molecule has 2 rings (SSSR count). The van der Waals surface area contributed by atoms with E-state index in [0.29, 0.717) is 0 Å². The fourth-order valence-electron chi connectivity index (χ4n) is 1.53. The molecule has 15 heavy (non-hydrogen) atoms. The van der Waals surface area contributed by atoms with Crippen LogP contribution in [-0.4, -0.2) is 19.5 Å². The maximum absolute atomic E-state index is 5.75. The van der Waals surface area contributed by atoms with E-state index in [1.165, 1.54) is 12.8 Å². The fraction of sp³-hybridized carbons (Fsp3) is 0.500. The van der Waals surface area contributed by atoms with Gasteiger partial charge in [-0.25, -0.2) is 9.97 Å². The smallest absolute Gasteiger partial charge is 0.224 e. The Kier molecular flexibility index (Phi) is 3.16. The van der Waals surface area contributed by atoms with E-state index in [2.05, 4.69) is 21.9 Å². The highest BCUT2D eigenvalue weighted by atomic mass is 35.5. The molecule has 0 aliphatic heterocycles. The summed E-state index contributed by atoms with van der Waals surface area (Å²) in [6.45, 7) is 3.13. The first-order valence-electron chi connectivity index (χ1n) is 5.14. The Hall–Kier alpha value is -1.16. The van der Waals surface area contributed by atoms with Gasteiger partial charge in [0, 0.05) is 6.54 Å². The van der Waals surface area contributed by atoms with Crippen molar-refractivity contribution < 1.29 is 0 Å². The fourth-order valence-corrected chi connectivity index (χ4v) is 1.66. The van der Waals surface area contributed by atoms with Crippen LogP contribution in [0.25, 0.3) is 11.2 Å². The van der Waals surface area contributed by atoms with E-state index >= 15 is 0 Å². The van der Waals surface area contributed by atoms with Crippen LogP contribution in [0, 0.1) is 0 Å². The van der Waals surface area contributed by atoms with Crippen molar-refractivity contribution >= 4 is 22.8 Å². The van der Waals surface area contributed by atoms with Crippen LogP contribution < -0.4 is 0 Å². The Bertz CT molecular complexity index is 452. The zero-order valence-electron chi connectivity index (χ0n) is 8.65. The molecule has 0 spiro atoms. The Balaban J connectivity index is 2.23. The van der Waals surface area contributed by atoms with E-state index in [0.717, 1.165) is 24.1 Å². The molecular formula is C10H13ClN4. The minimum atomic E-state index is 0.278. The SMILES string of the molecule is CCCCCn1cnc2cnc(Cl)nc21. The van der Waals surface area contributed by atoms with Crippen molar-refractivity contribution in [1.29, 1.82) is 0 Å². The summed E-state index contributed by atoms with van der Waals surface area (Å²) in [5.74, 6) is 0. The monoisotopic (exact) mass is 224 g/mol. The Labute approximate surface area is 93.3 Å². The van der Waals surface area contributed by atoms with Gasteiger partial charge in [0.2, 0.25) is 5.28 Å². The Morgan fingerprint density at radius 3 is 3.00 bits per heavy atom. The highest BCUT2D eigenvalue weighted by Crippen LogP contribution is 2.12. The molecule has 0 bridgehead atoms. The van der Waals surface area contributed by atoms with Gasteiger partial charge in [-0.3, -0.25) is 0 Å². The predicted octanol–water partition coefficient (Wildman–Crippen LogP) is 2.67. The van der Waals surface area contributed by atoms with Crippen LogP contribution in [-0.2, 0) is 6.54 Å². The quantitative estimate of drug-likeness (QED) is 0.593. The average Bonchev–Trinajstić information content (AvgIpc) is 2.62. The second-order valence-corrected chi connectivity index (χ2v) is 3.83. The molecular weight excluding hydrogens is 212 g/mol. The zero-order chi connectivity index (χ0) is 10.7. The lowest BCUT2D eigenvalue weighted by molar-refractivity contribution is 0.610. The van der Waals surface area contributed by atoms with Crippen LogP contribution in [0.15, 0.2) is 12.5 Å². The predicted molar refractivity (Wildman–Crippen MR) is 59.9 cm³/mol. The van der Waals surface area contributed by atoms with Crippen molar-refractivity contribution in [2.45, 2.75) is 32.7 Å². The maximum atomic E-state index is 5.75. The van der Waals surface area contributed by atoms with Gasteiger partial charge in [-0.2, -0.15) is 4.98 Å². The van der Waals surface area contributed by atoms with Gasteiger partial charge in [0.25, 0.3) is 0 Å². The molecule has 80 valence electrons. The molecule has 2 heterocycles. The van der Waals surface area contributed by atoms with Gasteiger partial charge in [0.15, 0.2) is 5.65 Å². The van der Waals surface area contributed by atoms with Crippen molar-refractivity contribution in [1.82, 2.24) is 19.5 Å². The number of hydrogen-bond donors (Lipinski definition) is 0. The van der Waals surface area contributed by atoms with Crippen LogP contribution in [0.4, 0.5) is 0 Å². The molecule has 5 heteroatoms. The standard InChI is InChI=1S/C10H13ClN4/c1-2-3-4-5-15-7-13-8-6-12-10(11)14-9(8)15/h6-7H,2-5H2,1H3. The number of halogens is 1. The summed E-state index contributed by atoms with van der Waals surface area (Å²) in [5.41, 5.74) is 1.63. The van der Waals surface area contributed by atoms with Crippen LogP contribution in [0.3, 0.4) is 0 Å². The first-order valence-corrected chi connectivity index (χ1v) is 5.52. The first-order chi connectivity index (χ1) is 7.31. The molecule has 0 saturated heterocycles. The van der Waals surface area contributed by atoms with E-state index in [1.54, 1.807) is 12.5 Å². The molecule has 2 aromatic rings. The third kappa shape index (κ3) is 2.26. The van der Waals surface area contributed by atoms with Crippen molar-refractivity contribution in [2.24, 2.45) is 0 Å². The van der Waals surface area contributed by atoms with Crippen molar-refractivity contribution in [2.75, 3.05) is 0 Å². The van der Waals surface area contributed by atoms with E-state index in [4.69, 9.17) is 11.6 Å². The molecule has 0 saturated carbocycles. The summed E-state index contributed by atoms with van der Waals surface area (Å²) >= 11 is 5.75. The number of nitrogens with zero attached hydrogens (tertiary/aromatic N) is 4. The molecule has 0 aromatic carbocycles. The number of unbranched alkanes of at least 4 members (excludes halogenated alkanes) is 2. The number of aryl methyl sites for hydroxylation is 1. The molecule has 0 unspecified atom stereocenters. The molecule has 0 N–H and O–H groups in total. The van der Waals surface area contributed by atoms with E-state index in [9.17, 15) is 0 Å². The van der Waals surface area contributed by atoms with Gasteiger partial charge in [0.05, 0.1) is 12.5 Å². The molecule has 0 atom stereocenters. The Morgan fingerprint density at radius 1 is 1.33 bits per heavy atom. The van der Waals surface area contributed by atoms with Crippen LogP contribution in [0.5, 0.6) is 0 Å². The van der Waals surface area contributed by atoms with Crippen LogP contribution in [0.1, 0.15) is 26.2 Å². The summed E-state index contributed by atoms with van der Waals surface area (Å²) in [6, 6.07) is 0. The molecule has 0 aliphatic carbocycles. The number of aromatic nitrogens is 4. The van der Waals surface area contributed by atoms with E-state index in [1.807, 2.05) is 4.57 Å². The Morgan fingerprint density at radius 2 is 2.20 bits per heavy atom. The summed E-state index contributed by atoms with van der Waals surface area (Å²) in [7, 11) is 0. The highest BCUT2D eigenvalue weighted by molar-refractivity contribution is 6.28. The van der Waals surface area contributed by atoms with Crippen molar-refractivity contribution in [3.63, 3.8) is 0 Å². The maximum Gasteiger partial charge on any atom is 0.224 e. The topological polar surface area (TPSA) is 43.6 Å². The minimum Gasteiger partial charge on any atom is -0.315 e. The lowest BCUT2D eigenvalue weighted by Crippen LogP contribution is -1.97. The van der Waals surface area contributed by atoms with Gasteiger partial charge in [-0.1, -0.05) is 19.8 Å². The lowest BCUT2D eigenvalue weighted by Gasteiger charge is -2.01. The minimum absolute atomic E-state index is 0.278. The summed E-state index contributed by atoms with van der Waals surface area (Å²) in [4.78, 5) is 12.3. The summed E-state index contributed by atoms with van der Waals surface area (Å²) in [5, 5.41) is 0.278. The van der Waals surface area contributed by atoms with Crippen molar-refractivity contribution in [3.8, 4) is 0 Å². The van der Waals surface area contributed by atoms with Gasteiger partial charge in [-0.05, 0) is 18.0 Å². The van der Waals surface area contributed by atoms with Gasteiger partial charge < -0.3 is 4.57 Å². The van der Waals surface area contributed by atoms with Crippen molar-refractivity contribution in [3.05, 3.63) is 17.8 Å². The lowest BCUT2D eigenvalue weighted by atomic mass is 10.2. The van der Waals surface area contributed by atoms with Gasteiger partial charge in [0.1, 0.15) is 5.52 Å². The molecule has 2 aromatic heterocycles. The number of rotatable bonds is 4. The second kappa shape index (κ2) is 4.57. The second-order valence-electron chi connectivity index (χ2n) is 3.49. The van der Waals surface area contributed by atoms with Gasteiger partial charge >= 0.3 is 0 Å². The number of imidazole rings is 1. The first kappa shape index (κ1) is 10.4. The average molecular weight is 225 g/mol. The normalized spacial score (nSPS) is 11.1. The highest BCUT2D eigenvalue weighted by Gasteiger charge is 2.04. The molecule has 0 fully saturated rings. The van der Waals surface area contributed by atoms with Gasteiger partial charge in [-0.15, -0.1) is 0 Å². The molecule has 4 nitrogen and oxygen atoms in total. The largest absolute Gasteiger partial charge is 0.315 e.